The van der Waals surface area contributed by atoms with E-state index in [9.17, 15) is 0 Å². The van der Waals surface area contributed by atoms with Crippen molar-refractivity contribution in [2.24, 2.45) is 5.16 Å². The van der Waals surface area contributed by atoms with E-state index in [4.69, 9.17) is 4.84 Å². The molecule has 5 rings (SSSR count). The number of hydrogen-bond donors (Lipinski definition) is 0. The second kappa shape index (κ2) is 6.40. The van der Waals surface area contributed by atoms with E-state index in [1.165, 1.54) is 10.8 Å². The normalized spacial score (nSPS) is 15.3. The molecule has 2 nitrogen and oxygen atoms in total. The van der Waals surface area contributed by atoms with Crippen molar-refractivity contribution in [2.45, 2.75) is 12.0 Å². The highest BCUT2D eigenvalue weighted by molar-refractivity contribution is 6.04. The Morgan fingerprint density at radius 1 is 0.630 bits per heavy atom. The van der Waals surface area contributed by atoms with Gasteiger partial charge in [0, 0.05) is 23.1 Å². The fourth-order valence-corrected chi connectivity index (χ4v) is 3.85. The van der Waals surface area contributed by atoms with E-state index in [1.54, 1.807) is 0 Å². The molecular formula is C25H19NO. The quantitative estimate of drug-likeness (QED) is 0.451. The summed E-state index contributed by atoms with van der Waals surface area (Å²) in [7, 11) is 0. The summed E-state index contributed by atoms with van der Waals surface area (Å²) in [5, 5.41) is 6.99. The lowest BCUT2D eigenvalue weighted by atomic mass is 9.81. The molecule has 0 fully saturated rings. The van der Waals surface area contributed by atoms with Crippen LogP contribution in [0, 0.1) is 0 Å². The van der Waals surface area contributed by atoms with Crippen molar-refractivity contribution in [1.82, 2.24) is 0 Å². The Kier molecular flexibility index (Phi) is 3.75. The largest absolute Gasteiger partial charge is 0.379 e. The lowest BCUT2D eigenvalue weighted by Gasteiger charge is -2.27. The van der Waals surface area contributed by atoms with Gasteiger partial charge in [0.15, 0.2) is 5.60 Å². The molecule has 0 bridgehead atoms. The van der Waals surface area contributed by atoms with Crippen LogP contribution in [0.4, 0.5) is 0 Å². The molecule has 0 saturated heterocycles. The van der Waals surface area contributed by atoms with Crippen LogP contribution in [0.25, 0.3) is 10.8 Å². The van der Waals surface area contributed by atoms with Crippen molar-refractivity contribution >= 4 is 16.5 Å². The van der Waals surface area contributed by atoms with Gasteiger partial charge in [0.2, 0.25) is 0 Å². The van der Waals surface area contributed by atoms with E-state index < -0.39 is 5.60 Å². The molecule has 0 unspecified atom stereocenters. The van der Waals surface area contributed by atoms with Gasteiger partial charge in [-0.05, 0) is 16.8 Å². The molecule has 0 amide bonds. The van der Waals surface area contributed by atoms with Crippen LogP contribution in [0.2, 0.25) is 0 Å². The fraction of sp³-hybridized carbons (Fsp3) is 0.0800. The van der Waals surface area contributed by atoms with Crippen LogP contribution in [0.5, 0.6) is 0 Å². The van der Waals surface area contributed by atoms with Crippen LogP contribution in [-0.4, -0.2) is 5.71 Å². The van der Waals surface area contributed by atoms with Crippen LogP contribution in [0.15, 0.2) is 108 Å². The minimum absolute atomic E-state index is 0.580. The van der Waals surface area contributed by atoms with E-state index in [0.29, 0.717) is 6.42 Å². The zero-order valence-corrected chi connectivity index (χ0v) is 14.9. The fourth-order valence-electron chi connectivity index (χ4n) is 3.85. The van der Waals surface area contributed by atoms with Gasteiger partial charge in [0.1, 0.15) is 0 Å². The molecule has 1 aliphatic rings. The topological polar surface area (TPSA) is 21.6 Å². The summed E-state index contributed by atoms with van der Waals surface area (Å²) < 4.78 is 0. The molecule has 4 aromatic rings. The summed E-state index contributed by atoms with van der Waals surface area (Å²) in [4.78, 5) is 6.18. The Morgan fingerprint density at radius 2 is 1.22 bits per heavy atom. The SMILES string of the molecule is c1ccc(C2(c3ccccc3)CC(c3ccc4ccccc4c3)=NO2)cc1. The van der Waals surface area contributed by atoms with E-state index in [1.807, 2.05) is 12.1 Å². The smallest absolute Gasteiger partial charge is 0.193 e. The molecule has 2 heteroatoms. The molecule has 0 spiro atoms. The number of nitrogens with zero attached hydrogens (tertiary/aromatic N) is 1. The van der Waals surface area contributed by atoms with Gasteiger partial charge in [-0.25, -0.2) is 0 Å². The van der Waals surface area contributed by atoms with Gasteiger partial charge in [-0.2, -0.15) is 0 Å². The Hall–Kier alpha value is -3.39. The number of fused-ring (bicyclic) bond motifs is 1. The molecule has 130 valence electrons. The summed E-state index contributed by atoms with van der Waals surface area (Å²) in [5.41, 5.74) is 3.76. The number of hydrogen-bond acceptors (Lipinski definition) is 2. The number of benzene rings is 4. The van der Waals surface area contributed by atoms with Gasteiger partial charge in [-0.15, -0.1) is 0 Å². The molecule has 27 heavy (non-hydrogen) atoms. The van der Waals surface area contributed by atoms with Crippen molar-refractivity contribution in [1.29, 1.82) is 0 Å². The van der Waals surface area contributed by atoms with Crippen molar-refractivity contribution in [3.63, 3.8) is 0 Å². The first-order chi connectivity index (χ1) is 13.4. The molecule has 0 N–H and O–H groups in total. The third-order valence-corrected chi connectivity index (χ3v) is 5.29. The van der Waals surface area contributed by atoms with Crippen LogP contribution in [0.1, 0.15) is 23.1 Å². The Morgan fingerprint density at radius 3 is 1.89 bits per heavy atom. The molecule has 0 aromatic heterocycles. The predicted octanol–water partition coefficient (Wildman–Crippen LogP) is 5.91. The van der Waals surface area contributed by atoms with Gasteiger partial charge >= 0.3 is 0 Å². The zero-order valence-electron chi connectivity index (χ0n) is 14.9. The Balaban J connectivity index is 1.58. The molecule has 0 atom stereocenters. The summed E-state index contributed by atoms with van der Waals surface area (Å²) in [6.07, 6.45) is 0.708. The monoisotopic (exact) mass is 349 g/mol. The molecule has 1 heterocycles. The lowest BCUT2D eigenvalue weighted by Crippen LogP contribution is -2.28. The summed E-state index contributed by atoms with van der Waals surface area (Å²) in [5.74, 6) is 0. The van der Waals surface area contributed by atoms with Gasteiger partial charge in [-0.3, -0.25) is 0 Å². The standard InChI is InChI=1S/C25H19NO/c1-3-11-22(12-4-1)25(23-13-5-2-6-14-23)18-24(26-27-25)21-16-15-19-9-7-8-10-20(19)17-21/h1-17H,18H2. The van der Waals surface area contributed by atoms with E-state index >= 15 is 0 Å². The summed E-state index contributed by atoms with van der Waals surface area (Å²) in [6, 6.07) is 35.6. The average molecular weight is 349 g/mol. The molecular weight excluding hydrogens is 330 g/mol. The predicted molar refractivity (Wildman–Crippen MR) is 110 cm³/mol. The van der Waals surface area contributed by atoms with E-state index in [-0.39, 0.29) is 0 Å². The first-order valence-corrected chi connectivity index (χ1v) is 9.20. The first-order valence-electron chi connectivity index (χ1n) is 9.20. The second-order valence-corrected chi connectivity index (χ2v) is 6.93. The van der Waals surface area contributed by atoms with Crippen LogP contribution in [-0.2, 0) is 10.4 Å². The number of oxime groups is 1. The highest BCUT2D eigenvalue weighted by Gasteiger charge is 2.43. The highest BCUT2D eigenvalue weighted by atomic mass is 16.7. The van der Waals surface area contributed by atoms with Gasteiger partial charge in [-0.1, -0.05) is 102 Å². The minimum Gasteiger partial charge on any atom is -0.379 e. The van der Waals surface area contributed by atoms with Crippen LogP contribution >= 0.6 is 0 Å². The minimum atomic E-state index is -0.580. The van der Waals surface area contributed by atoms with E-state index in [2.05, 4.69) is 96.2 Å². The maximum atomic E-state index is 6.18. The number of rotatable bonds is 3. The lowest BCUT2D eigenvalue weighted by molar-refractivity contribution is 0.0112. The van der Waals surface area contributed by atoms with Crippen molar-refractivity contribution in [3.8, 4) is 0 Å². The molecule has 0 aliphatic carbocycles. The average Bonchev–Trinajstić information content (AvgIpc) is 3.21. The maximum absolute atomic E-state index is 6.18. The maximum Gasteiger partial charge on any atom is 0.193 e. The first kappa shape index (κ1) is 15.8. The van der Waals surface area contributed by atoms with Crippen molar-refractivity contribution in [3.05, 3.63) is 120 Å². The third-order valence-electron chi connectivity index (χ3n) is 5.29. The molecule has 1 aliphatic heterocycles. The van der Waals surface area contributed by atoms with Crippen molar-refractivity contribution < 1.29 is 4.84 Å². The van der Waals surface area contributed by atoms with Gasteiger partial charge in [0.05, 0.1) is 5.71 Å². The highest BCUT2D eigenvalue weighted by Crippen LogP contribution is 2.42. The zero-order chi connectivity index (χ0) is 18.1. The third kappa shape index (κ3) is 2.70. The second-order valence-electron chi connectivity index (χ2n) is 6.93. The van der Waals surface area contributed by atoms with Gasteiger partial charge in [0.25, 0.3) is 0 Å². The van der Waals surface area contributed by atoms with E-state index in [0.717, 1.165) is 22.4 Å². The van der Waals surface area contributed by atoms with Crippen LogP contribution < -0.4 is 0 Å². The Bertz CT molecular complexity index is 1080. The molecule has 0 radical (unpaired) electrons. The molecule has 0 saturated carbocycles. The summed E-state index contributed by atoms with van der Waals surface area (Å²) in [6.45, 7) is 0. The summed E-state index contributed by atoms with van der Waals surface area (Å²) >= 11 is 0. The van der Waals surface area contributed by atoms with Gasteiger partial charge < -0.3 is 4.84 Å². The van der Waals surface area contributed by atoms with Crippen molar-refractivity contribution in [2.75, 3.05) is 0 Å². The van der Waals surface area contributed by atoms with Crippen LogP contribution in [0.3, 0.4) is 0 Å². The Labute approximate surface area is 158 Å². The molecule has 4 aromatic carbocycles.